The molecule has 0 aliphatic carbocycles. The third-order valence-electron chi connectivity index (χ3n) is 3.18. The van der Waals surface area contributed by atoms with Crippen LogP contribution in [0.15, 0.2) is 18.3 Å². The molecule has 1 aliphatic heterocycles. The second-order valence-corrected chi connectivity index (χ2v) is 5.63. The lowest BCUT2D eigenvalue weighted by Crippen LogP contribution is -2.25. The van der Waals surface area contributed by atoms with Gasteiger partial charge in [-0.25, -0.2) is 0 Å². The molecular weight excluding hydrogens is 230 g/mol. The predicted octanol–water partition coefficient (Wildman–Crippen LogP) is 2.43. The fourth-order valence-electron chi connectivity index (χ4n) is 2.02. The number of hydrogen-bond donors (Lipinski definition) is 1. The first-order valence-electron chi connectivity index (χ1n) is 6.35. The van der Waals surface area contributed by atoms with E-state index in [1.54, 1.807) is 0 Å². The standard InChI is InChI=1S/C13H21N3S/c1-2-12(14)13-5-4-11(10-15-13)16-6-3-8-17-9-7-16/h4-5,10,12H,2-3,6-9,14H2,1H3. The van der Waals surface area contributed by atoms with Crippen LogP contribution in [0, 0.1) is 0 Å². The summed E-state index contributed by atoms with van der Waals surface area (Å²) < 4.78 is 0. The number of nitrogens with two attached hydrogens (primary N) is 1. The van der Waals surface area contributed by atoms with Crippen molar-refractivity contribution < 1.29 is 0 Å². The van der Waals surface area contributed by atoms with E-state index >= 15 is 0 Å². The molecule has 4 heteroatoms. The Morgan fingerprint density at radius 2 is 2.29 bits per heavy atom. The number of rotatable bonds is 3. The van der Waals surface area contributed by atoms with Crippen molar-refractivity contribution in [2.45, 2.75) is 25.8 Å². The fourth-order valence-corrected chi connectivity index (χ4v) is 2.90. The van der Waals surface area contributed by atoms with Crippen molar-refractivity contribution in [3.63, 3.8) is 0 Å². The van der Waals surface area contributed by atoms with Gasteiger partial charge in [-0.15, -0.1) is 0 Å². The molecular formula is C13H21N3S. The van der Waals surface area contributed by atoms with Gasteiger partial charge in [-0.3, -0.25) is 4.98 Å². The quantitative estimate of drug-likeness (QED) is 0.896. The zero-order valence-electron chi connectivity index (χ0n) is 10.4. The molecule has 1 saturated heterocycles. The van der Waals surface area contributed by atoms with Crippen molar-refractivity contribution in [3.8, 4) is 0 Å². The summed E-state index contributed by atoms with van der Waals surface area (Å²) in [7, 11) is 0. The van der Waals surface area contributed by atoms with E-state index in [4.69, 9.17) is 5.73 Å². The SMILES string of the molecule is CCC(N)c1ccc(N2CCCSCC2)cn1. The van der Waals surface area contributed by atoms with Crippen molar-refractivity contribution in [2.24, 2.45) is 5.73 Å². The van der Waals surface area contributed by atoms with Crippen LogP contribution in [0.5, 0.6) is 0 Å². The van der Waals surface area contributed by atoms with Gasteiger partial charge in [0, 0.05) is 24.9 Å². The second kappa shape index (κ2) is 6.26. The maximum absolute atomic E-state index is 5.97. The molecule has 1 aromatic rings. The first-order chi connectivity index (χ1) is 8.31. The molecule has 1 unspecified atom stereocenters. The molecule has 0 bridgehead atoms. The number of pyridine rings is 1. The number of thioether (sulfide) groups is 1. The Labute approximate surface area is 108 Å². The van der Waals surface area contributed by atoms with Crippen molar-refractivity contribution in [1.82, 2.24) is 4.98 Å². The first-order valence-corrected chi connectivity index (χ1v) is 7.51. The van der Waals surface area contributed by atoms with E-state index in [0.717, 1.165) is 25.2 Å². The Kier molecular flexibility index (Phi) is 4.68. The molecule has 1 aliphatic rings. The lowest BCUT2D eigenvalue weighted by Gasteiger charge is -2.22. The van der Waals surface area contributed by atoms with Gasteiger partial charge in [-0.1, -0.05) is 6.92 Å². The average molecular weight is 251 g/mol. The summed E-state index contributed by atoms with van der Waals surface area (Å²) in [6, 6.07) is 4.30. The maximum Gasteiger partial charge on any atom is 0.0572 e. The van der Waals surface area contributed by atoms with E-state index in [1.165, 1.54) is 23.6 Å². The van der Waals surface area contributed by atoms with E-state index in [9.17, 15) is 0 Å². The van der Waals surface area contributed by atoms with Crippen LogP contribution in [0.4, 0.5) is 5.69 Å². The van der Waals surface area contributed by atoms with Crippen molar-refractivity contribution in [1.29, 1.82) is 0 Å². The van der Waals surface area contributed by atoms with E-state index in [0.29, 0.717) is 0 Å². The van der Waals surface area contributed by atoms with Crippen LogP contribution in [-0.4, -0.2) is 29.6 Å². The molecule has 17 heavy (non-hydrogen) atoms. The predicted molar refractivity (Wildman–Crippen MR) is 75.6 cm³/mol. The van der Waals surface area contributed by atoms with E-state index in [2.05, 4.69) is 28.9 Å². The second-order valence-electron chi connectivity index (χ2n) is 4.41. The summed E-state index contributed by atoms with van der Waals surface area (Å²) in [4.78, 5) is 6.91. The number of aromatic nitrogens is 1. The van der Waals surface area contributed by atoms with Gasteiger partial charge in [0.05, 0.1) is 17.6 Å². The molecule has 2 heterocycles. The number of anilines is 1. The molecule has 0 spiro atoms. The average Bonchev–Trinajstić information content (AvgIpc) is 2.67. The Balaban J connectivity index is 2.05. The Hall–Kier alpha value is -0.740. The molecule has 94 valence electrons. The van der Waals surface area contributed by atoms with Gasteiger partial charge in [0.15, 0.2) is 0 Å². The molecule has 0 saturated carbocycles. The van der Waals surface area contributed by atoms with Gasteiger partial charge in [-0.2, -0.15) is 11.8 Å². The summed E-state index contributed by atoms with van der Waals surface area (Å²) in [6.07, 6.45) is 4.18. The minimum absolute atomic E-state index is 0.0729. The molecule has 3 nitrogen and oxygen atoms in total. The Morgan fingerprint density at radius 3 is 3.00 bits per heavy atom. The molecule has 2 rings (SSSR count). The summed E-state index contributed by atoms with van der Waals surface area (Å²) in [5.41, 5.74) is 8.20. The Bertz CT molecular complexity index is 331. The van der Waals surface area contributed by atoms with Gasteiger partial charge in [0.25, 0.3) is 0 Å². The summed E-state index contributed by atoms with van der Waals surface area (Å²) in [5.74, 6) is 2.50. The number of nitrogens with zero attached hydrogens (tertiary/aromatic N) is 2. The molecule has 0 amide bonds. The molecule has 2 N–H and O–H groups in total. The van der Waals surface area contributed by atoms with Crippen molar-refractivity contribution in [2.75, 3.05) is 29.5 Å². The lowest BCUT2D eigenvalue weighted by molar-refractivity contribution is 0.674. The fraction of sp³-hybridized carbons (Fsp3) is 0.615. The van der Waals surface area contributed by atoms with E-state index < -0.39 is 0 Å². The highest BCUT2D eigenvalue weighted by molar-refractivity contribution is 7.99. The number of hydrogen-bond acceptors (Lipinski definition) is 4. The maximum atomic E-state index is 5.97. The molecule has 0 radical (unpaired) electrons. The largest absolute Gasteiger partial charge is 0.369 e. The van der Waals surface area contributed by atoms with Crippen LogP contribution in [-0.2, 0) is 0 Å². The smallest absolute Gasteiger partial charge is 0.0572 e. The van der Waals surface area contributed by atoms with Crippen LogP contribution < -0.4 is 10.6 Å². The van der Waals surface area contributed by atoms with Gasteiger partial charge in [0.2, 0.25) is 0 Å². The highest BCUT2D eigenvalue weighted by atomic mass is 32.2. The molecule has 1 aromatic heterocycles. The summed E-state index contributed by atoms with van der Waals surface area (Å²) in [6.45, 7) is 4.37. The van der Waals surface area contributed by atoms with Gasteiger partial charge >= 0.3 is 0 Å². The third-order valence-corrected chi connectivity index (χ3v) is 4.23. The zero-order valence-corrected chi connectivity index (χ0v) is 11.2. The van der Waals surface area contributed by atoms with Gasteiger partial charge in [0.1, 0.15) is 0 Å². The zero-order chi connectivity index (χ0) is 12.1. The normalized spacial score (nSPS) is 18.8. The van der Waals surface area contributed by atoms with Crippen LogP contribution in [0.2, 0.25) is 0 Å². The van der Waals surface area contributed by atoms with Crippen LogP contribution in [0.1, 0.15) is 31.5 Å². The highest BCUT2D eigenvalue weighted by Gasteiger charge is 2.11. The topological polar surface area (TPSA) is 42.1 Å². The minimum Gasteiger partial charge on any atom is -0.369 e. The lowest BCUT2D eigenvalue weighted by atomic mass is 10.1. The van der Waals surface area contributed by atoms with E-state index in [-0.39, 0.29) is 6.04 Å². The third kappa shape index (κ3) is 3.36. The van der Waals surface area contributed by atoms with Gasteiger partial charge < -0.3 is 10.6 Å². The van der Waals surface area contributed by atoms with Gasteiger partial charge in [-0.05, 0) is 30.7 Å². The van der Waals surface area contributed by atoms with Crippen molar-refractivity contribution >= 4 is 17.4 Å². The molecule has 0 aromatic carbocycles. The Morgan fingerprint density at radius 1 is 1.41 bits per heavy atom. The molecule has 1 fully saturated rings. The highest BCUT2D eigenvalue weighted by Crippen LogP contribution is 2.20. The van der Waals surface area contributed by atoms with Crippen LogP contribution in [0.3, 0.4) is 0 Å². The van der Waals surface area contributed by atoms with Crippen LogP contribution in [0.25, 0.3) is 0 Å². The van der Waals surface area contributed by atoms with E-state index in [1.807, 2.05) is 18.0 Å². The minimum atomic E-state index is 0.0729. The summed E-state index contributed by atoms with van der Waals surface area (Å²) in [5, 5.41) is 0. The van der Waals surface area contributed by atoms with Crippen LogP contribution >= 0.6 is 11.8 Å². The first kappa shape index (κ1) is 12.7. The monoisotopic (exact) mass is 251 g/mol. The molecule has 1 atom stereocenters. The van der Waals surface area contributed by atoms with Crippen molar-refractivity contribution in [3.05, 3.63) is 24.0 Å². The summed E-state index contributed by atoms with van der Waals surface area (Å²) >= 11 is 2.04.